The molecule has 4 amide bonds. The minimum absolute atomic E-state index is 0.0625. The van der Waals surface area contributed by atoms with Crippen molar-refractivity contribution in [1.82, 2.24) is 25.6 Å². The van der Waals surface area contributed by atoms with E-state index in [9.17, 15) is 19.2 Å². The number of piperazine rings is 1. The molecule has 2 fully saturated rings. The van der Waals surface area contributed by atoms with Crippen molar-refractivity contribution in [2.24, 2.45) is 0 Å². The summed E-state index contributed by atoms with van der Waals surface area (Å²) in [6, 6.07) is 0. The second-order valence-corrected chi connectivity index (χ2v) is 6.01. The Hall–Kier alpha value is -1.65. The Labute approximate surface area is 132 Å². The summed E-state index contributed by atoms with van der Waals surface area (Å²) in [7, 11) is 1.99. The van der Waals surface area contributed by atoms with Crippen LogP contribution in [0.5, 0.6) is 0 Å². The minimum atomic E-state index is -0.773. The molecule has 2 saturated heterocycles. The molecule has 2 aliphatic heterocycles. The Morgan fingerprint density at radius 3 is 2.41 bits per heavy atom. The van der Waals surface area contributed by atoms with Crippen LogP contribution in [-0.4, -0.2) is 89.8 Å². The topological polar surface area (TPSA) is 102 Å². The number of nitrogens with zero attached hydrogens (tertiary/aromatic N) is 3. The van der Waals surface area contributed by atoms with E-state index in [4.69, 9.17) is 0 Å². The van der Waals surface area contributed by atoms with E-state index >= 15 is 0 Å². The molecule has 2 heterocycles. The summed E-state index contributed by atoms with van der Waals surface area (Å²) in [5.74, 6) is -1.65. The largest absolute Gasteiger partial charge is 0.346 e. The van der Waals surface area contributed by atoms with Gasteiger partial charge < -0.3 is 10.2 Å². The zero-order chi connectivity index (χ0) is 16.1. The van der Waals surface area contributed by atoms with Gasteiger partial charge in [-0.15, -0.1) is 0 Å². The predicted octanol–water partition coefficient (Wildman–Crippen LogP) is -1.92. The lowest BCUT2D eigenvalue weighted by Gasteiger charge is -2.32. The quantitative estimate of drug-likeness (QED) is 0.580. The SMILES string of the molecule is CN1CCN(NC(=O)C(=O)NCCN2C(=O)CSC2=O)CC1. The summed E-state index contributed by atoms with van der Waals surface area (Å²) in [5.41, 5.74) is 2.54. The van der Waals surface area contributed by atoms with Crippen LogP contribution in [0.1, 0.15) is 0 Å². The molecule has 0 aromatic carbocycles. The van der Waals surface area contributed by atoms with Crippen LogP contribution in [0.4, 0.5) is 4.79 Å². The van der Waals surface area contributed by atoms with Crippen molar-refractivity contribution >= 4 is 34.7 Å². The van der Waals surface area contributed by atoms with E-state index in [1.165, 1.54) is 0 Å². The highest BCUT2D eigenvalue weighted by Crippen LogP contribution is 2.17. The summed E-state index contributed by atoms with van der Waals surface area (Å²) in [6.45, 7) is 3.09. The predicted molar refractivity (Wildman–Crippen MR) is 79.8 cm³/mol. The highest BCUT2D eigenvalue weighted by Gasteiger charge is 2.29. The first-order chi connectivity index (χ1) is 10.5. The molecule has 0 aromatic heterocycles. The third-order valence-corrected chi connectivity index (χ3v) is 4.29. The van der Waals surface area contributed by atoms with Crippen LogP contribution in [0.25, 0.3) is 0 Å². The fourth-order valence-electron chi connectivity index (χ4n) is 2.07. The van der Waals surface area contributed by atoms with Gasteiger partial charge in [-0.25, -0.2) is 5.01 Å². The van der Waals surface area contributed by atoms with Gasteiger partial charge in [0.25, 0.3) is 5.24 Å². The third-order valence-electron chi connectivity index (χ3n) is 3.43. The molecule has 2 rings (SSSR count). The van der Waals surface area contributed by atoms with Crippen LogP contribution in [-0.2, 0) is 14.4 Å². The maximum absolute atomic E-state index is 11.7. The van der Waals surface area contributed by atoms with Crippen LogP contribution in [0.15, 0.2) is 0 Å². The van der Waals surface area contributed by atoms with Crippen LogP contribution in [0, 0.1) is 0 Å². The van der Waals surface area contributed by atoms with Crippen molar-refractivity contribution in [2.45, 2.75) is 0 Å². The van der Waals surface area contributed by atoms with Crippen molar-refractivity contribution in [1.29, 1.82) is 0 Å². The fraction of sp³-hybridized carbons (Fsp3) is 0.667. The summed E-state index contributed by atoms with van der Waals surface area (Å²) < 4.78 is 0. The van der Waals surface area contributed by atoms with Gasteiger partial charge in [0.15, 0.2) is 0 Å². The number of rotatable bonds is 4. The van der Waals surface area contributed by atoms with Gasteiger partial charge in [0.2, 0.25) is 5.91 Å². The molecule has 0 aliphatic carbocycles. The van der Waals surface area contributed by atoms with Gasteiger partial charge in [0.05, 0.1) is 5.75 Å². The molecule has 0 spiro atoms. The van der Waals surface area contributed by atoms with Crippen molar-refractivity contribution in [3.63, 3.8) is 0 Å². The maximum Gasteiger partial charge on any atom is 0.323 e. The second-order valence-electron chi connectivity index (χ2n) is 5.09. The number of hydrogen-bond donors (Lipinski definition) is 2. The van der Waals surface area contributed by atoms with Crippen LogP contribution >= 0.6 is 11.8 Å². The molecular formula is C12H19N5O4S. The molecule has 0 saturated carbocycles. The minimum Gasteiger partial charge on any atom is -0.346 e. The van der Waals surface area contributed by atoms with Gasteiger partial charge in [0.1, 0.15) is 0 Å². The molecule has 2 aliphatic rings. The highest BCUT2D eigenvalue weighted by molar-refractivity contribution is 8.14. The Bertz CT molecular complexity index is 462. The molecular weight excluding hydrogens is 310 g/mol. The number of amides is 4. The number of nitrogens with one attached hydrogen (secondary N) is 2. The Morgan fingerprint density at radius 1 is 1.14 bits per heavy atom. The number of hydrogen-bond acceptors (Lipinski definition) is 7. The van der Waals surface area contributed by atoms with Gasteiger partial charge in [-0.05, 0) is 7.05 Å². The Morgan fingerprint density at radius 2 is 1.82 bits per heavy atom. The van der Waals surface area contributed by atoms with E-state index in [1.807, 2.05) is 7.05 Å². The summed E-state index contributed by atoms with van der Waals surface area (Å²) >= 11 is 0.937. The van der Waals surface area contributed by atoms with E-state index in [1.54, 1.807) is 5.01 Å². The number of thioether (sulfide) groups is 1. The van der Waals surface area contributed by atoms with Gasteiger partial charge in [-0.1, -0.05) is 11.8 Å². The van der Waals surface area contributed by atoms with Crippen molar-refractivity contribution in [3.8, 4) is 0 Å². The van der Waals surface area contributed by atoms with Crippen LogP contribution in [0.3, 0.4) is 0 Å². The molecule has 0 unspecified atom stereocenters. The fourth-order valence-corrected chi connectivity index (χ4v) is 2.82. The summed E-state index contributed by atoms with van der Waals surface area (Å²) in [5, 5.41) is 3.79. The molecule has 9 nitrogen and oxygen atoms in total. The first-order valence-electron chi connectivity index (χ1n) is 6.97. The van der Waals surface area contributed by atoms with E-state index < -0.39 is 11.8 Å². The normalized spacial score (nSPS) is 20.3. The molecule has 0 radical (unpaired) electrons. The number of carbonyl (C=O) groups excluding carboxylic acids is 4. The molecule has 10 heteroatoms. The summed E-state index contributed by atoms with van der Waals surface area (Å²) in [6.07, 6.45) is 0. The van der Waals surface area contributed by atoms with Gasteiger partial charge in [-0.3, -0.25) is 29.5 Å². The second kappa shape index (κ2) is 7.56. The lowest BCUT2D eigenvalue weighted by Crippen LogP contribution is -2.55. The number of likely N-dealkylation sites (N-methyl/N-ethyl adjacent to an activating group) is 1. The zero-order valence-corrected chi connectivity index (χ0v) is 13.1. The lowest BCUT2D eigenvalue weighted by atomic mass is 10.4. The molecule has 122 valence electrons. The monoisotopic (exact) mass is 329 g/mol. The van der Waals surface area contributed by atoms with E-state index in [0.717, 1.165) is 29.8 Å². The average molecular weight is 329 g/mol. The van der Waals surface area contributed by atoms with Crippen LogP contribution < -0.4 is 10.7 Å². The number of hydrazine groups is 1. The molecule has 2 N–H and O–H groups in total. The van der Waals surface area contributed by atoms with E-state index in [0.29, 0.717) is 13.1 Å². The molecule has 0 bridgehead atoms. The first-order valence-corrected chi connectivity index (χ1v) is 7.95. The van der Waals surface area contributed by atoms with E-state index in [2.05, 4.69) is 15.6 Å². The van der Waals surface area contributed by atoms with Crippen molar-refractivity contribution in [3.05, 3.63) is 0 Å². The average Bonchev–Trinajstić information content (AvgIpc) is 2.81. The van der Waals surface area contributed by atoms with Gasteiger partial charge >= 0.3 is 11.8 Å². The molecule has 22 heavy (non-hydrogen) atoms. The standard InChI is InChI=1S/C12H19N5O4S/c1-15-4-6-16(7-5-15)14-11(20)10(19)13-2-3-17-9(18)8-22-12(17)21/h2-8H2,1H3,(H,13,19)(H,14,20). The zero-order valence-electron chi connectivity index (χ0n) is 12.3. The number of carbonyl (C=O) groups is 4. The van der Waals surface area contributed by atoms with E-state index in [-0.39, 0.29) is 30.0 Å². The Kier molecular flexibility index (Phi) is 5.75. The summed E-state index contributed by atoms with van der Waals surface area (Å²) in [4.78, 5) is 49.3. The lowest BCUT2D eigenvalue weighted by molar-refractivity contribution is -0.142. The van der Waals surface area contributed by atoms with Crippen LogP contribution in [0.2, 0.25) is 0 Å². The Balaban J connectivity index is 1.67. The third kappa shape index (κ3) is 4.42. The molecule has 0 atom stereocenters. The van der Waals surface area contributed by atoms with Crippen molar-refractivity contribution in [2.75, 3.05) is 52.1 Å². The van der Waals surface area contributed by atoms with Gasteiger partial charge in [-0.2, -0.15) is 0 Å². The molecule has 0 aromatic rings. The number of imide groups is 1. The smallest absolute Gasteiger partial charge is 0.323 e. The maximum atomic E-state index is 11.7. The highest BCUT2D eigenvalue weighted by atomic mass is 32.2. The van der Waals surface area contributed by atoms with Crippen molar-refractivity contribution < 1.29 is 19.2 Å². The first kappa shape index (κ1) is 16.7. The van der Waals surface area contributed by atoms with Gasteiger partial charge in [0, 0.05) is 39.3 Å².